The second-order valence-electron chi connectivity index (χ2n) is 8.33. The molecule has 1 aliphatic rings. The molecule has 2 heterocycles. The van der Waals surface area contributed by atoms with Gasteiger partial charge < -0.3 is 9.64 Å². The molecule has 1 atom stereocenters. The SMILES string of the molecule is COc1ccc(-n2c(Cc3ccccc3)nnc2SCC(=O)N2c3ccccc3C[C@@H]2C)cc1. The number of methoxy groups -OCH3 is 1. The average molecular weight is 471 g/mol. The molecule has 0 radical (unpaired) electrons. The highest BCUT2D eigenvalue weighted by Gasteiger charge is 2.30. The van der Waals surface area contributed by atoms with Gasteiger partial charge in [0.2, 0.25) is 5.91 Å². The molecule has 0 bridgehead atoms. The van der Waals surface area contributed by atoms with Gasteiger partial charge in [-0.2, -0.15) is 0 Å². The maximum atomic E-state index is 13.3. The van der Waals surface area contributed by atoms with Crippen LogP contribution in [0.4, 0.5) is 5.69 Å². The highest BCUT2D eigenvalue weighted by molar-refractivity contribution is 7.99. The Bertz CT molecular complexity index is 1290. The van der Waals surface area contributed by atoms with E-state index >= 15 is 0 Å². The van der Waals surface area contributed by atoms with Gasteiger partial charge >= 0.3 is 0 Å². The molecular formula is C27H26N4O2S. The van der Waals surface area contributed by atoms with Crippen LogP contribution in [0.5, 0.6) is 5.75 Å². The van der Waals surface area contributed by atoms with Gasteiger partial charge in [-0.15, -0.1) is 10.2 Å². The number of amides is 1. The van der Waals surface area contributed by atoms with Gasteiger partial charge in [0, 0.05) is 23.8 Å². The van der Waals surface area contributed by atoms with Gasteiger partial charge in [-0.3, -0.25) is 9.36 Å². The molecule has 1 aromatic heterocycles. The Hall–Kier alpha value is -3.58. The number of anilines is 1. The van der Waals surface area contributed by atoms with Crippen LogP contribution in [0.3, 0.4) is 0 Å². The summed E-state index contributed by atoms with van der Waals surface area (Å²) in [5.74, 6) is 1.98. The number of para-hydroxylation sites is 1. The third kappa shape index (κ3) is 4.43. The molecule has 0 fully saturated rings. The lowest BCUT2D eigenvalue weighted by Gasteiger charge is -2.22. The van der Waals surface area contributed by atoms with E-state index in [2.05, 4.69) is 35.3 Å². The van der Waals surface area contributed by atoms with Crippen LogP contribution in [0.25, 0.3) is 5.69 Å². The minimum Gasteiger partial charge on any atom is -0.497 e. The fraction of sp³-hybridized carbons (Fsp3) is 0.222. The number of hydrogen-bond acceptors (Lipinski definition) is 5. The molecule has 34 heavy (non-hydrogen) atoms. The van der Waals surface area contributed by atoms with Crippen LogP contribution in [0.15, 0.2) is 84.0 Å². The standard InChI is InChI=1S/C27H26N4O2S/c1-19-16-21-10-6-7-11-24(21)30(19)26(32)18-34-27-29-28-25(17-20-8-4-3-5-9-20)31(27)22-12-14-23(33-2)15-13-22/h3-15,19H,16-18H2,1-2H3/t19-/m0/s1. The Morgan fingerprint density at radius 3 is 2.50 bits per heavy atom. The molecule has 0 saturated heterocycles. The van der Waals surface area contributed by atoms with Crippen LogP contribution in [0.2, 0.25) is 0 Å². The van der Waals surface area contributed by atoms with Gasteiger partial charge in [0.15, 0.2) is 5.16 Å². The first-order valence-electron chi connectivity index (χ1n) is 11.3. The van der Waals surface area contributed by atoms with Crippen LogP contribution < -0.4 is 9.64 Å². The molecule has 0 aliphatic carbocycles. The number of carbonyl (C=O) groups excluding carboxylic acids is 1. The van der Waals surface area contributed by atoms with Crippen molar-refractivity contribution in [1.82, 2.24) is 14.8 Å². The van der Waals surface area contributed by atoms with Crippen molar-refractivity contribution in [2.45, 2.75) is 31.0 Å². The van der Waals surface area contributed by atoms with Crippen LogP contribution in [-0.4, -0.2) is 39.6 Å². The normalized spacial score (nSPS) is 14.8. The van der Waals surface area contributed by atoms with E-state index in [0.717, 1.165) is 34.9 Å². The summed E-state index contributed by atoms with van der Waals surface area (Å²) < 4.78 is 7.35. The fourth-order valence-corrected chi connectivity index (χ4v) is 5.25. The van der Waals surface area contributed by atoms with Crippen molar-refractivity contribution >= 4 is 23.4 Å². The lowest BCUT2D eigenvalue weighted by molar-refractivity contribution is -0.116. The van der Waals surface area contributed by atoms with E-state index in [4.69, 9.17) is 4.74 Å². The molecule has 1 aliphatic heterocycles. The molecule has 7 heteroatoms. The number of thioether (sulfide) groups is 1. The van der Waals surface area contributed by atoms with Crippen LogP contribution in [0, 0.1) is 0 Å². The molecule has 4 aromatic rings. The first kappa shape index (κ1) is 22.2. The number of fused-ring (bicyclic) bond motifs is 1. The highest BCUT2D eigenvalue weighted by Crippen LogP contribution is 2.33. The van der Waals surface area contributed by atoms with E-state index in [9.17, 15) is 4.79 Å². The summed E-state index contributed by atoms with van der Waals surface area (Å²) in [6.45, 7) is 2.10. The summed E-state index contributed by atoms with van der Waals surface area (Å²) in [6.07, 6.45) is 1.53. The van der Waals surface area contributed by atoms with Crippen molar-refractivity contribution in [3.8, 4) is 11.4 Å². The number of ether oxygens (including phenoxy) is 1. The van der Waals surface area contributed by atoms with Crippen LogP contribution >= 0.6 is 11.8 Å². The molecule has 1 amide bonds. The van der Waals surface area contributed by atoms with Gasteiger partial charge in [-0.05, 0) is 54.8 Å². The van der Waals surface area contributed by atoms with E-state index in [1.165, 1.54) is 17.3 Å². The number of rotatable bonds is 7. The predicted molar refractivity (Wildman–Crippen MR) is 135 cm³/mol. The molecular weight excluding hydrogens is 444 g/mol. The highest BCUT2D eigenvalue weighted by atomic mass is 32.2. The monoisotopic (exact) mass is 470 g/mol. The number of aromatic nitrogens is 3. The van der Waals surface area contributed by atoms with E-state index in [-0.39, 0.29) is 17.7 Å². The summed E-state index contributed by atoms with van der Waals surface area (Å²) in [6, 6.07) is 26.3. The topological polar surface area (TPSA) is 60.2 Å². The summed E-state index contributed by atoms with van der Waals surface area (Å²) >= 11 is 1.42. The van der Waals surface area contributed by atoms with Crippen molar-refractivity contribution in [1.29, 1.82) is 0 Å². The zero-order valence-electron chi connectivity index (χ0n) is 19.2. The summed E-state index contributed by atoms with van der Waals surface area (Å²) in [5, 5.41) is 9.66. The molecule has 0 spiro atoms. The molecule has 6 nitrogen and oxygen atoms in total. The lowest BCUT2D eigenvalue weighted by atomic mass is 10.1. The second-order valence-corrected chi connectivity index (χ2v) is 9.27. The third-order valence-corrected chi connectivity index (χ3v) is 6.95. The summed E-state index contributed by atoms with van der Waals surface area (Å²) in [7, 11) is 1.65. The minimum atomic E-state index is 0.0799. The first-order valence-corrected chi connectivity index (χ1v) is 12.3. The number of hydrogen-bond donors (Lipinski definition) is 0. The Labute approximate surface area is 203 Å². The quantitative estimate of drug-likeness (QED) is 0.358. The third-order valence-electron chi connectivity index (χ3n) is 6.04. The Morgan fingerprint density at radius 2 is 1.74 bits per heavy atom. The van der Waals surface area contributed by atoms with E-state index in [0.29, 0.717) is 11.6 Å². The van der Waals surface area contributed by atoms with Gasteiger partial charge in [-0.25, -0.2) is 0 Å². The molecule has 5 rings (SSSR count). The van der Waals surface area contributed by atoms with Gasteiger partial charge in [-0.1, -0.05) is 60.3 Å². The van der Waals surface area contributed by atoms with Crippen LogP contribution in [0.1, 0.15) is 23.9 Å². The summed E-state index contributed by atoms with van der Waals surface area (Å²) in [4.78, 5) is 15.2. The maximum Gasteiger partial charge on any atom is 0.237 e. The van der Waals surface area contributed by atoms with Crippen molar-refractivity contribution in [2.75, 3.05) is 17.8 Å². The van der Waals surface area contributed by atoms with E-state index in [1.807, 2.05) is 70.1 Å². The average Bonchev–Trinajstić information content (AvgIpc) is 3.42. The van der Waals surface area contributed by atoms with Gasteiger partial charge in [0.25, 0.3) is 0 Å². The smallest absolute Gasteiger partial charge is 0.237 e. The maximum absolute atomic E-state index is 13.3. The predicted octanol–water partition coefficient (Wildman–Crippen LogP) is 4.94. The minimum absolute atomic E-state index is 0.0799. The molecule has 172 valence electrons. The zero-order chi connectivity index (χ0) is 23.5. The van der Waals surface area contributed by atoms with E-state index < -0.39 is 0 Å². The lowest BCUT2D eigenvalue weighted by Crippen LogP contribution is -2.37. The Morgan fingerprint density at radius 1 is 1.00 bits per heavy atom. The van der Waals surface area contributed by atoms with Crippen LogP contribution in [-0.2, 0) is 17.6 Å². The van der Waals surface area contributed by atoms with E-state index in [1.54, 1.807) is 7.11 Å². The van der Waals surface area contributed by atoms with Crippen molar-refractivity contribution < 1.29 is 9.53 Å². The second kappa shape index (κ2) is 9.73. The van der Waals surface area contributed by atoms with Gasteiger partial charge in [0.1, 0.15) is 11.6 Å². The number of benzene rings is 3. The number of nitrogens with zero attached hydrogens (tertiary/aromatic N) is 4. The fourth-order valence-electron chi connectivity index (χ4n) is 4.42. The van der Waals surface area contributed by atoms with Crippen molar-refractivity contribution in [3.63, 3.8) is 0 Å². The summed E-state index contributed by atoms with van der Waals surface area (Å²) in [5.41, 5.74) is 4.33. The van der Waals surface area contributed by atoms with Gasteiger partial charge in [0.05, 0.1) is 12.9 Å². The van der Waals surface area contributed by atoms with Crippen molar-refractivity contribution in [3.05, 3.63) is 95.8 Å². The molecule has 0 unspecified atom stereocenters. The zero-order valence-corrected chi connectivity index (χ0v) is 20.0. The molecule has 0 saturated carbocycles. The van der Waals surface area contributed by atoms with Crippen molar-refractivity contribution in [2.24, 2.45) is 0 Å². The largest absolute Gasteiger partial charge is 0.497 e. The number of carbonyl (C=O) groups is 1. The molecule has 0 N–H and O–H groups in total. The Kier molecular flexibility index (Phi) is 6.36. The Balaban J connectivity index is 1.41. The molecule has 3 aromatic carbocycles. The first-order chi connectivity index (χ1) is 16.6.